The lowest BCUT2D eigenvalue weighted by Crippen LogP contribution is -2.29. The molecule has 2 heterocycles. The van der Waals surface area contributed by atoms with Crippen molar-refractivity contribution < 1.29 is 8.83 Å². The number of furan rings is 2. The van der Waals surface area contributed by atoms with Crippen molar-refractivity contribution in [3.8, 4) is 11.1 Å². The topological polar surface area (TPSA) is 32.8 Å². The van der Waals surface area contributed by atoms with Crippen molar-refractivity contribution in [3.05, 3.63) is 275 Å². The number of anilines is 6. The molecule has 0 aliphatic heterocycles. The van der Waals surface area contributed by atoms with Crippen molar-refractivity contribution in [2.24, 2.45) is 0 Å². The first kappa shape index (κ1) is 52.0. The largest absolute Gasteiger partial charge is 0.454 e. The summed E-state index contributed by atoms with van der Waals surface area (Å²) in [7, 11) is 0. The van der Waals surface area contributed by atoms with Gasteiger partial charge in [-0.05, 0) is 128 Å². The summed E-state index contributed by atoms with van der Waals surface area (Å²) >= 11 is 0. The first-order valence-electron chi connectivity index (χ1n) is 29.9. The van der Waals surface area contributed by atoms with Gasteiger partial charge in [-0.1, -0.05) is 244 Å². The summed E-state index contributed by atoms with van der Waals surface area (Å²) in [5, 5.41) is 6.80. The zero-order valence-electron chi connectivity index (χ0n) is 49.0. The third-order valence-electron chi connectivity index (χ3n) is 17.6. The fourth-order valence-corrected chi connectivity index (χ4v) is 13.8. The number of hydrogen-bond acceptors (Lipinski definition) is 4. The van der Waals surface area contributed by atoms with E-state index in [1.165, 1.54) is 61.0 Å². The van der Waals surface area contributed by atoms with Gasteiger partial charge in [0, 0.05) is 55.1 Å². The molecule has 1 aliphatic carbocycles. The van der Waals surface area contributed by atoms with E-state index in [2.05, 4.69) is 296 Å². The second-order valence-electron chi connectivity index (χ2n) is 25.0. The van der Waals surface area contributed by atoms with Gasteiger partial charge in [-0.25, -0.2) is 0 Å². The number of hydrogen-bond donors (Lipinski definition) is 0. The molecule has 4 heteroatoms. The van der Waals surface area contributed by atoms with Gasteiger partial charge in [0.05, 0.1) is 22.5 Å². The Balaban J connectivity index is 1.07. The van der Waals surface area contributed by atoms with E-state index < -0.39 is 5.41 Å². The predicted octanol–water partition coefficient (Wildman–Crippen LogP) is 22.4. The van der Waals surface area contributed by atoms with Crippen LogP contribution in [0.5, 0.6) is 0 Å². The first-order chi connectivity index (χ1) is 40.4. The zero-order valence-corrected chi connectivity index (χ0v) is 49.0. The monoisotopic (exact) mass is 1080 g/mol. The molecule has 13 aromatic rings. The van der Waals surface area contributed by atoms with Crippen LogP contribution in [0.2, 0.25) is 0 Å². The molecule has 0 spiro atoms. The van der Waals surface area contributed by atoms with Gasteiger partial charge in [-0.2, -0.15) is 0 Å². The van der Waals surface area contributed by atoms with Crippen molar-refractivity contribution in [3.63, 3.8) is 0 Å². The highest BCUT2D eigenvalue weighted by Crippen LogP contribution is 2.61. The number of para-hydroxylation sites is 4. The number of benzene rings is 11. The van der Waals surface area contributed by atoms with Gasteiger partial charge in [0.2, 0.25) is 0 Å². The van der Waals surface area contributed by atoms with Gasteiger partial charge in [0.1, 0.15) is 11.2 Å². The Morgan fingerprint density at radius 2 is 0.771 bits per heavy atom. The average Bonchev–Trinajstić information content (AvgIpc) is 2.95. The van der Waals surface area contributed by atoms with E-state index in [9.17, 15) is 0 Å². The number of rotatable bonds is 12. The van der Waals surface area contributed by atoms with Crippen LogP contribution in [0, 0.1) is 0 Å². The molecule has 2 aromatic heterocycles. The number of nitrogens with zero attached hydrogens (tertiary/aromatic N) is 2. The molecule has 408 valence electrons. The van der Waals surface area contributed by atoms with Crippen molar-refractivity contribution in [2.45, 2.75) is 97.3 Å². The summed E-state index contributed by atoms with van der Waals surface area (Å²) in [4.78, 5) is 4.92. The van der Waals surface area contributed by atoms with Crippen LogP contribution >= 0.6 is 0 Å². The fraction of sp³-hybridized carbons (Fsp3) is 0.190. The second-order valence-corrected chi connectivity index (χ2v) is 25.0. The van der Waals surface area contributed by atoms with E-state index in [0.717, 1.165) is 109 Å². The molecule has 0 radical (unpaired) electrons. The lowest BCUT2D eigenvalue weighted by molar-refractivity contribution is 0.572. The lowest BCUT2D eigenvalue weighted by Gasteiger charge is -2.36. The highest BCUT2D eigenvalue weighted by Gasteiger charge is 2.48. The minimum Gasteiger partial charge on any atom is -0.454 e. The van der Waals surface area contributed by atoms with Gasteiger partial charge in [0.15, 0.2) is 11.2 Å². The van der Waals surface area contributed by atoms with Crippen molar-refractivity contribution >= 4 is 88.8 Å². The molecular weight excluding hydrogens is 1010 g/mol. The van der Waals surface area contributed by atoms with Crippen molar-refractivity contribution in [1.29, 1.82) is 0 Å². The SMILES string of the molecule is CCCc1ccc(N(c2ccc3c(c2)C(c2ccccc2)(c2ccccc2)c2cc(N(c4ccc(CCC)cc4)c4cccc5c4oc4c(C(C)(C)C)cccc45)c4ccccc4c2-3)c2cccc3c2oc2c(C(C)(C)C)cccc23)cc1. The molecule has 0 saturated carbocycles. The molecule has 0 atom stereocenters. The highest BCUT2D eigenvalue weighted by molar-refractivity contribution is 6.16. The van der Waals surface area contributed by atoms with Crippen LogP contribution in [0.3, 0.4) is 0 Å². The molecule has 11 aromatic carbocycles. The Bertz CT molecular complexity index is 4550. The summed E-state index contributed by atoms with van der Waals surface area (Å²) in [6.07, 6.45) is 4.19. The fourth-order valence-electron chi connectivity index (χ4n) is 13.8. The molecule has 14 rings (SSSR count). The third kappa shape index (κ3) is 8.39. The Morgan fingerprint density at radius 3 is 1.27 bits per heavy atom. The van der Waals surface area contributed by atoms with Crippen molar-refractivity contribution in [1.82, 2.24) is 0 Å². The van der Waals surface area contributed by atoms with Crippen LogP contribution < -0.4 is 9.80 Å². The summed E-state index contributed by atoms with van der Waals surface area (Å²) in [6.45, 7) is 18.1. The van der Waals surface area contributed by atoms with Crippen LogP contribution in [0.15, 0.2) is 239 Å². The van der Waals surface area contributed by atoms with E-state index in [1.807, 2.05) is 0 Å². The predicted molar refractivity (Wildman–Crippen MR) is 351 cm³/mol. The smallest absolute Gasteiger partial charge is 0.159 e. The standard InChI is InChI=1S/C79H70N2O2/c1-9-23-51-39-43-55(44-40-51)80(69-37-21-33-62-60-31-19-35-65(77(3,4)5)73(60)82-75(62)69)57-47-48-64-67(49-57)79(53-25-13-11-14-26-53,54-27-15-12-16-28-54)68-50-71(58-29-17-18-30-59(58)72(64)68)81(56-45-41-52(24-10-2)42-46-56)70-38-22-34-63-61-32-20-36-66(78(6,7)8)74(61)83-76(63)70/h11-22,25-50H,9-10,23-24H2,1-8H3. The second kappa shape index (κ2) is 20.1. The van der Waals surface area contributed by atoms with E-state index >= 15 is 0 Å². The van der Waals surface area contributed by atoms with Gasteiger partial charge in [-0.3, -0.25) is 0 Å². The van der Waals surface area contributed by atoms with Crippen LogP contribution in [0.1, 0.15) is 113 Å². The van der Waals surface area contributed by atoms with Crippen LogP contribution in [-0.4, -0.2) is 0 Å². The number of fused-ring (bicyclic) bond motifs is 11. The van der Waals surface area contributed by atoms with E-state index in [0.29, 0.717) is 0 Å². The minimum atomic E-state index is -0.782. The van der Waals surface area contributed by atoms with Crippen LogP contribution in [0.4, 0.5) is 34.1 Å². The van der Waals surface area contributed by atoms with Gasteiger partial charge < -0.3 is 18.6 Å². The Hall–Kier alpha value is -9.12. The Kier molecular flexibility index (Phi) is 12.6. The summed E-state index contributed by atoms with van der Waals surface area (Å²) < 4.78 is 14.5. The maximum absolute atomic E-state index is 7.30. The zero-order chi connectivity index (χ0) is 56.8. The third-order valence-corrected chi connectivity index (χ3v) is 17.6. The van der Waals surface area contributed by atoms with E-state index in [1.54, 1.807) is 0 Å². The molecule has 0 amide bonds. The molecule has 0 unspecified atom stereocenters. The normalized spacial score (nSPS) is 13.1. The van der Waals surface area contributed by atoms with Crippen LogP contribution in [-0.2, 0) is 29.1 Å². The molecule has 0 bridgehead atoms. The first-order valence-corrected chi connectivity index (χ1v) is 29.9. The van der Waals surface area contributed by atoms with E-state index in [-0.39, 0.29) is 10.8 Å². The molecule has 83 heavy (non-hydrogen) atoms. The van der Waals surface area contributed by atoms with Crippen LogP contribution in [0.25, 0.3) is 65.8 Å². The maximum Gasteiger partial charge on any atom is 0.159 e. The molecule has 4 nitrogen and oxygen atoms in total. The van der Waals surface area contributed by atoms with E-state index in [4.69, 9.17) is 8.83 Å². The molecule has 0 fully saturated rings. The number of aryl methyl sites for hydroxylation is 2. The summed E-state index contributed by atoms with van der Waals surface area (Å²) in [6, 6.07) is 86.4. The Morgan fingerprint density at radius 1 is 0.349 bits per heavy atom. The maximum atomic E-state index is 7.30. The lowest BCUT2D eigenvalue weighted by atomic mass is 9.67. The Labute approximate surface area is 488 Å². The minimum absolute atomic E-state index is 0.118. The molecule has 0 saturated heterocycles. The molecular formula is C79H70N2O2. The average molecular weight is 1080 g/mol. The van der Waals surface area contributed by atoms with Gasteiger partial charge >= 0.3 is 0 Å². The summed E-state index contributed by atoms with van der Waals surface area (Å²) in [5.41, 5.74) is 21.1. The summed E-state index contributed by atoms with van der Waals surface area (Å²) in [5.74, 6) is 0. The molecule has 0 N–H and O–H groups in total. The molecule has 1 aliphatic rings. The quantitative estimate of drug-likeness (QED) is 0.122. The van der Waals surface area contributed by atoms with Gasteiger partial charge in [-0.15, -0.1) is 0 Å². The highest BCUT2D eigenvalue weighted by atomic mass is 16.3. The van der Waals surface area contributed by atoms with Gasteiger partial charge in [0.25, 0.3) is 0 Å². The van der Waals surface area contributed by atoms with Crippen molar-refractivity contribution in [2.75, 3.05) is 9.80 Å².